The van der Waals surface area contributed by atoms with Crippen LogP contribution in [0.15, 0.2) is 231 Å². The molecule has 0 saturated heterocycles. The van der Waals surface area contributed by atoms with E-state index in [0.717, 1.165) is 50.2 Å². The van der Waals surface area contributed by atoms with Crippen molar-refractivity contribution in [1.29, 1.82) is 0 Å². The zero-order valence-corrected chi connectivity index (χ0v) is 33.8. The summed E-state index contributed by atoms with van der Waals surface area (Å²) in [6.45, 7) is 0. The Balaban J connectivity index is 1.03. The normalized spacial score (nSPS) is 11.5. The van der Waals surface area contributed by atoms with Crippen molar-refractivity contribution in [3.63, 3.8) is 0 Å². The highest BCUT2D eigenvalue weighted by Crippen LogP contribution is 2.46. The van der Waals surface area contributed by atoms with Crippen LogP contribution in [0.25, 0.3) is 121 Å². The summed E-state index contributed by atoms with van der Waals surface area (Å²) in [6, 6.07) is 83.1. The summed E-state index contributed by atoms with van der Waals surface area (Å²) in [6.07, 6.45) is 0. The lowest BCUT2D eigenvalue weighted by Crippen LogP contribution is -1.97. The van der Waals surface area contributed by atoms with Crippen LogP contribution < -0.4 is 0 Å². The minimum absolute atomic E-state index is 0.871. The maximum atomic E-state index is 5.38. The molecular formula is C60H38N2. The summed E-state index contributed by atoms with van der Waals surface area (Å²) in [4.78, 5) is 10.6. The number of fused-ring (bicyclic) bond motifs is 5. The summed E-state index contributed by atoms with van der Waals surface area (Å²) in [5.41, 5.74) is 15.0. The third kappa shape index (κ3) is 6.12. The second kappa shape index (κ2) is 14.8. The Bertz CT molecular complexity index is 3670. The molecule has 2 heteroatoms. The fraction of sp³-hybridized carbons (Fsp3) is 0. The minimum atomic E-state index is 0.871. The minimum Gasteiger partial charge on any atom is -0.244 e. The van der Waals surface area contributed by atoms with Crippen molar-refractivity contribution in [2.24, 2.45) is 0 Å². The van der Waals surface area contributed by atoms with Crippen LogP contribution in [0.1, 0.15) is 0 Å². The molecule has 62 heavy (non-hydrogen) atoms. The van der Waals surface area contributed by atoms with Gasteiger partial charge in [-0.2, -0.15) is 0 Å². The van der Waals surface area contributed by atoms with Crippen LogP contribution in [-0.4, -0.2) is 9.97 Å². The first-order valence-corrected chi connectivity index (χ1v) is 21.2. The number of rotatable bonds is 6. The van der Waals surface area contributed by atoms with Crippen LogP contribution in [0, 0.1) is 0 Å². The molecule has 0 aliphatic rings. The van der Waals surface area contributed by atoms with Gasteiger partial charge in [0.25, 0.3) is 0 Å². The van der Waals surface area contributed by atoms with Gasteiger partial charge < -0.3 is 0 Å². The third-order valence-corrected chi connectivity index (χ3v) is 12.4. The maximum absolute atomic E-state index is 5.38. The number of para-hydroxylation sites is 1. The molecule has 1 heterocycles. The molecule has 0 bridgehead atoms. The topological polar surface area (TPSA) is 25.8 Å². The van der Waals surface area contributed by atoms with Gasteiger partial charge in [-0.05, 0) is 106 Å². The highest BCUT2D eigenvalue weighted by atomic mass is 14.8. The first-order chi connectivity index (χ1) is 30.7. The van der Waals surface area contributed by atoms with Gasteiger partial charge in [0.05, 0.1) is 22.4 Å². The van der Waals surface area contributed by atoms with E-state index in [1.54, 1.807) is 0 Å². The highest BCUT2D eigenvalue weighted by molar-refractivity contribution is 6.22. The first-order valence-electron chi connectivity index (χ1n) is 21.2. The largest absolute Gasteiger partial charge is 0.244 e. The van der Waals surface area contributed by atoms with Crippen molar-refractivity contribution in [1.82, 2.24) is 9.97 Å². The number of nitrogens with zero attached hydrogens (tertiary/aromatic N) is 2. The van der Waals surface area contributed by atoms with Crippen molar-refractivity contribution < 1.29 is 0 Å². The Morgan fingerprint density at radius 1 is 0.242 bits per heavy atom. The fourth-order valence-electron chi connectivity index (χ4n) is 9.42. The molecule has 0 fully saturated rings. The molecule has 0 amide bonds. The zero-order chi connectivity index (χ0) is 41.0. The van der Waals surface area contributed by atoms with Crippen LogP contribution in [-0.2, 0) is 0 Å². The monoisotopic (exact) mass is 786 g/mol. The van der Waals surface area contributed by atoms with Crippen molar-refractivity contribution in [3.8, 4) is 67.0 Å². The Labute approximate surface area is 360 Å². The van der Waals surface area contributed by atoms with Gasteiger partial charge in [-0.1, -0.05) is 206 Å². The van der Waals surface area contributed by atoms with E-state index in [2.05, 4.69) is 218 Å². The van der Waals surface area contributed by atoms with Gasteiger partial charge in [0, 0.05) is 16.7 Å². The number of benzene rings is 11. The van der Waals surface area contributed by atoms with Crippen molar-refractivity contribution in [3.05, 3.63) is 231 Å². The van der Waals surface area contributed by atoms with Crippen molar-refractivity contribution >= 4 is 54.1 Å². The molecule has 0 unspecified atom stereocenters. The molecule has 0 aliphatic heterocycles. The number of aromatic nitrogens is 2. The molecule has 1 aromatic heterocycles. The first kappa shape index (κ1) is 35.7. The molecule has 0 N–H and O–H groups in total. The summed E-state index contributed by atoms with van der Waals surface area (Å²) >= 11 is 0. The van der Waals surface area contributed by atoms with Crippen LogP contribution in [0.2, 0.25) is 0 Å². The number of hydrogen-bond acceptors (Lipinski definition) is 2. The average molecular weight is 787 g/mol. The molecule has 0 aliphatic carbocycles. The molecule has 0 spiro atoms. The Morgan fingerprint density at radius 2 is 0.710 bits per heavy atom. The van der Waals surface area contributed by atoms with Crippen LogP contribution in [0.3, 0.4) is 0 Å². The molecule has 0 saturated carbocycles. The smallest absolute Gasteiger partial charge is 0.0973 e. The van der Waals surface area contributed by atoms with Gasteiger partial charge in [-0.25, -0.2) is 9.97 Å². The van der Waals surface area contributed by atoms with Crippen molar-refractivity contribution in [2.45, 2.75) is 0 Å². The molecule has 2 nitrogen and oxygen atoms in total. The Kier molecular flexibility index (Phi) is 8.53. The van der Waals surface area contributed by atoms with Crippen LogP contribution >= 0.6 is 0 Å². The van der Waals surface area contributed by atoms with E-state index in [0.29, 0.717) is 0 Å². The van der Waals surface area contributed by atoms with E-state index in [1.807, 2.05) is 12.1 Å². The summed E-state index contributed by atoms with van der Waals surface area (Å²) in [7, 11) is 0. The molecule has 0 radical (unpaired) electrons. The second-order valence-corrected chi connectivity index (χ2v) is 16.1. The summed E-state index contributed by atoms with van der Waals surface area (Å²) in [5.74, 6) is 0. The van der Waals surface area contributed by atoms with E-state index in [-0.39, 0.29) is 0 Å². The van der Waals surface area contributed by atoms with Gasteiger partial charge in [0.15, 0.2) is 0 Å². The predicted molar refractivity (Wildman–Crippen MR) is 262 cm³/mol. The summed E-state index contributed by atoms with van der Waals surface area (Å²) in [5, 5.41) is 9.92. The average Bonchev–Trinajstić information content (AvgIpc) is 3.35. The van der Waals surface area contributed by atoms with Gasteiger partial charge in [-0.3, -0.25) is 0 Å². The van der Waals surface area contributed by atoms with Crippen LogP contribution in [0.4, 0.5) is 0 Å². The quantitative estimate of drug-likeness (QED) is 0.157. The van der Waals surface area contributed by atoms with E-state index < -0.39 is 0 Å². The molecule has 11 aromatic carbocycles. The number of hydrogen-bond donors (Lipinski definition) is 0. The molecule has 12 rings (SSSR count). The maximum Gasteiger partial charge on any atom is 0.0973 e. The summed E-state index contributed by atoms with van der Waals surface area (Å²) < 4.78 is 0. The van der Waals surface area contributed by atoms with Crippen molar-refractivity contribution in [2.75, 3.05) is 0 Å². The van der Waals surface area contributed by atoms with E-state index in [1.165, 1.54) is 70.9 Å². The van der Waals surface area contributed by atoms with Gasteiger partial charge in [0.2, 0.25) is 0 Å². The van der Waals surface area contributed by atoms with Crippen LogP contribution in [0.5, 0.6) is 0 Å². The van der Waals surface area contributed by atoms with Gasteiger partial charge in [-0.15, -0.1) is 0 Å². The molecular weight excluding hydrogens is 749 g/mol. The SMILES string of the molecule is c1ccc(-c2nc3cccc(-c4ccc(-c5ccc6c(-c7ccc8ccccc8c7)c7ccccc7c(-c7ccc8ccccc8c7)c6c5)cc4)c3nc2-c2ccccc2)cc1. The lowest BCUT2D eigenvalue weighted by atomic mass is 9.84. The van der Waals surface area contributed by atoms with Gasteiger partial charge in [0.1, 0.15) is 0 Å². The van der Waals surface area contributed by atoms with Gasteiger partial charge >= 0.3 is 0 Å². The Hall–Kier alpha value is -8.20. The highest BCUT2D eigenvalue weighted by Gasteiger charge is 2.19. The van der Waals surface area contributed by atoms with E-state index in [4.69, 9.17) is 9.97 Å². The zero-order valence-electron chi connectivity index (χ0n) is 33.8. The second-order valence-electron chi connectivity index (χ2n) is 16.1. The Morgan fingerprint density at radius 3 is 1.32 bits per heavy atom. The van der Waals surface area contributed by atoms with E-state index >= 15 is 0 Å². The molecule has 288 valence electrons. The lowest BCUT2D eigenvalue weighted by molar-refractivity contribution is 1.29. The fourth-order valence-corrected chi connectivity index (χ4v) is 9.42. The standard InChI is InChI=1S/C60H38N2/c1-3-16-43(17-4-1)58-59(44-18-5-2-6-19-44)62-60-50(24-13-25-55(60)61-58)42-30-26-41(27-31-42)47-34-35-53-54(38-47)57(49-33-29-40-15-8-10-21-46(40)37-49)52-23-12-11-22-51(52)56(53)48-32-28-39-14-7-9-20-45(39)36-48/h1-38H. The molecule has 12 aromatic rings. The third-order valence-electron chi connectivity index (χ3n) is 12.4. The lowest BCUT2D eigenvalue weighted by Gasteiger charge is -2.19. The molecule has 0 atom stereocenters. The van der Waals surface area contributed by atoms with E-state index in [9.17, 15) is 0 Å². The predicted octanol–water partition coefficient (Wildman–Crippen LogP) is 16.2.